The number of carbonyl (C=O) groups excluding carboxylic acids is 2. The molecule has 0 bridgehead atoms. The fourth-order valence-electron chi connectivity index (χ4n) is 2.47. The molecule has 0 saturated heterocycles. The number of benzene rings is 1. The quantitative estimate of drug-likeness (QED) is 0.805. The van der Waals surface area contributed by atoms with E-state index in [9.17, 15) is 9.59 Å². The highest BCUT2D eigenvalue weighted by atomic mass is 16.6. The van der Waals surface area contributed by atoms with Gasteiger partial charge < -0.3 is 14.3 Å². The first-order valence-electron chi connectivity index (χ1n) is 7.42. The van der Waals surface area contributed by atoms with Gasteiger partial charge >= 0.3 is 6.09 Å². The van der Waals surface area contributed by atoms with Crippen molar-refractivity contribution >= 4 is 12.4 Å². The van der Waals surface area contributed by atoms with Gasteiger partial charge in [-0.25, -0.2) is 4.79 Å². The number of hydrogen-bond acceptors (Lipinski definition) is 4. The van der Waals surface area contributed by atoms with Crippen molar-refractivity contribution in [3.63, 3.8) is 0 Å². The summed E-state index contributed by atoms with van der Waals surface area (Å²) in [5.41, 5.74) is 1.23. The van der Waals surface area contributed by atoms with Crippen LogP contribution in [0.5, 0.6) is 5.75 Å². The number of aldehydes is 1. The standard InChI is InChI=1S/C17H23NO4/c1-11-8-13-9-12(6-7-15(13)21-11)14(10-19)18(5)16(20)22-17(2,3)4/h6-7,9-11,14H,8H2,1-5H3. The van der Waals surface area contributed by atoms with Crippen LogP contribution < -0.4 is 4.74 Å². The Kier molecular flexibility index (Phi) is 4.44. The van der Waals surface area contributed by atoms with Crippen LogP contribution in [-0.2, 0) is 16.0 Å². The lowest BCUT2D eigenvalue weighted by atomic mass is 10.0. The molecule has 120 valence electrons. The lowest BCUT2D eigenvalue weighted by Gasteiger charge is -2.28. The first-order valence-corrected chi connectivity index (χ1v) is 7.42. The zero-order chi connectivity index (χ0) is 16.5. The number of hydrogen-bond donors (Lipinski definition) is 0. The normalized spacial score (nSPS) is 18.1. The molecule has 2 unspecified atom stereocenters. The van der Waals surface area contributed by atoms with Gasteiger partial charge in [-0.2, -0.15) is 0 Å². The molecule has 2 rings (SSSR count). The number of nitrogens with zero attached hydrogens (tertiary/aromatic N) is 1. The third-order valence-corrected chi connectivity index (χ3v) is 3.49. The van der Waals surface area contributed by atoms with Gasteiger partial charge in [-0.15, -0.1) is 0 Å². The van der Waals surface area contributed by atoms with Crippen LogP contribution in [0.15, 0.2) is 18.2 Å². The molecule has 1 aliphatic rings. The first kappa shape index (κ1) is 16.3. The van der Waals surface area contributed by atoms with Crippen LogP contribution in [0.2, 0.25) is 0 Å². The van der Waals surface area contributed by atoms with E-state index in [4.69, 9.17) is 9.47 Å². The SMILES string of the molecule is CC1Cc2cc(C(C=O)N(C)C(=O)OC(C)(C)C)ccc2O1. The van der Waals surface area contributed by atoms with Gasteiger partial charge in [0.1, 0.15) is 29.8 Å². The number of carbonyl (C=O) groups is 2. The molecule has 0 aliphatic carbocycles. The van der Waals surface area contributed by atoms with Gasteiger partial charge in [0.2, 0.25) is 0 Å². The van der Waals surface area contributed by atoms with Gasteiger partial charge in [-0.05, 0) is 51.0 Å². The van der Waals surface area contributed by atoms with Gasteiger partial charge in [0.15, 0.2) is 0 Å². The van der Waals surface area contributed by atoms with Crippen molar-refractivity contribution in [1.29, 1.82) is 0 Å². The Bertz CT molecular complexity index is 577. The maximum absolute atomic E-state index is 12.1. The van der Waals surface area contributed by atoms with Crippen LogP contribution in [0.4, 0.5) is 4.79 Å². The summed E-state index contributed by atoms with van der Waals surface area (Å²) in [6, 6.07) is 4.93. The van der Waals surface area contributed by atoms with E-state index in [1.54, 1.807) is 27.8 Å². The second-order valence-corrected chi connectivity index (χ2v) is 6.67. The molecular formula is C17H23NO4. The van der Waals surface area contributed by atoms with Crippen LogP contribution in [0, 0.1) is 0 Å². The van der Waals surface area contributed by atoms with E-state index in [2.05, 4.69) is 0 Å². The fourth-order valence-corrected chi connectivity index (χ4v) is 2.47. The summed E-state index contributed by atoms with van der Waals surface area (Å²) in [7, 11) is 1.57. The van der Waals surface area contributed by atoms with E-state index in [1.165, 1.54) is 4.90 Å². The summed E-state index contributed by atoms with van der Waals surface area (Å²) in [5, 5.41) is 0. The number of ether oxygens (including phenoxy) is 2. The molecule has 0 radical (unpaired) electrons. The van der Waals surface area contributed by atoms with E-state index >= 15 is 0 Å². The zero-order valence-electron chi connectivity index (χ0n) is 13.8. The minimum atomic E-state index is -0.670. The van der Waals surface area contributed by atoms with Crippen LogP contribution in [0.1, 0.15) is 44.9 Å². The maximum atomic E-state index is 12.1. The second kappa shape index (κ2) is 5.99. The Morgan fingerprint density at radius 3 is 2.73 bits per heavy atom. The third-order valence-electron chi connectivity index (χ3n) is 3.49. The Hall–Kier alpha value is -2.04. The zero-order valence-corrected chi connectivity index (χ0v) is 13.8. The molecular weight excluding hydrogens is 282 g/mol. The Morgan fingerprint density at radius 1 is 1.45 bits per heavy atom. The van der Waals surface area contributed by atoms with Crippen molar-refractivity contribution in [2.24, 2.45) is 0 Å². The predicted octanol–water partition coefficient (Wildman–Crippen LogP) is 3.12. The number of fused-ring (bicyclic) bond motifs is 1. The number of likely N-dealkylation sites (N-methyl/N-ethyl adjacent to an activating group) is 1. The van der Waals surface area contributed by atoms with Crippen molar-refractivity contribution in [3.8, 4) is 5.75 Å². The molecule has 1 aromatic carbocycles. The van der Waals surface area contributed by atoms with Gasteiger partial charge in [-0.1, -0.05) is 6.07 Å². The van der Waals surface area contributed by atoms with E-state index in [-0.39, 0.29) is 6.10 Å². The molecule has 5 nitrogen and oxygen atoms in total. The smallest absolute Gasteiger partial charge is 0.410 e. The number of rotatable bonds is 3. The molecule has 2 atom stereocenters. The van der Waals surface area contributed by atoms with Crippen molar-refractivity contribution in [2.75, 3.05) is 7.05 Å². The lowest BCUT2D eigenvalue weighted by Crippen LogP contribution is -2.37. The van der Waals surface area contributed by atoms with Crippen LogP contribution in [-0.4, -0.2) is 36.0 Å². The highest BCUT2D eigenvalue weighted by Crippen LogP contribution is 2.32. The number of amides is 1. The summed E-state index contributed by atoms with van der Waals surface area (Å²) in [4.78, 5) is 25.0. The molecule has 22 heavy (non-hydrogen) atoms. The van der Waals surface area contributed by atoms with Gasteiger partial charge in [0, 0.05) is 13.5 Å². The van der Waals surface area contributed by atoms with Crippen molar-refractivity contribution in [1.82, 2.24) is 4.90 Å². The molecule has 1 aliphatic heterocycles. The monoisotopic (exact) mass is 305 g/mol. The van der Waals surface area contributed by atoms with Crippen molar-refractivity contribution in [2.45, 2.75) is 51.9 Å². The molecule has 0 N–H and O–H groups in total. The van der Waals surface area contributed by atoms with Crippen LogP contribution in [0.3, 0.4) is 0 Å². The Labute approximate surface area is 131 Å². The maximum Gasteiger partial charge on any atom is 0.410 e. The minimum Gasteiger partial charge on any atom is -0.490 e. The molecule has 5 heteroatoms. The van der Waals surface area contributed by atoms with E-state index in [0.717, 1.165) is 29.6 Å². The fraction of sp³-hybridized carbons (Fsp3) is 0.529. The molecule has 0 fully saturated rings. The summed E-state index contributed by atoms with van der Waals surface area (Å²) < 4.78 is 11.0. The minimum absolute atomic E-state index is 0.142. The lowest BCUT2D eigenvalue weighted by molar-refractivity contribution is -0.112. The molecule has 0 spiro atoms. The van der Waals surface area contributed by atoms with Gasteiger partial charge in [-0.3, -0.25) is 4.90 Å². The van der Waals surface area contributed by atoms with Crippen molar-refractivity contribution < 1.29 is 19.1 Å². The highest BCUT2D eigenvalue weighted by molar-refractivity contribution is 5.75. The summed E-state index contributed by atoms with van der Waals surface area (Å²) in [6.45, 7) is 7.39. The molecule has 0 aromatic heterocycles. The Balaban J connectivity index is 2.20. The van der Waals surface area contributed by atoms with Gasteiger partial charge in [0.25, 0.3) is 0 Å². The van der Waals surface area contributed by atoms with Crippen molar-refractivity contribution in [3.05, 3.63) is 29.3 Å². The topological polar surface area (TPSA) is 55.8 Å². The van der Waals surface area contributed by atoms with E-state index in [0.29, 0.717) is 0 Å². The average molecular weight is 305 g/mol. The highest BCUT2D eigenvalue weighted by Gasteiger charge is 2.28. The third kappa shape index (κ3) is 3.59. The second-order valence-electron chi connectivity index (χ2n) is 6.67. The Morgan fingerprint density at radius 2 is 2.14 bits per heavy atom. The summed E-state index contributed by atoms with van der Waals surface area (Å²) in [6.07, 6.45) is 1.19. The molecule has 1 aromatic rings. The largest absolute Gasteiger partial charge is 0.490 e. The molecule has 0 saturated carbocycles. The van der Waals surface area contributed by atoms with E-state index < -0.39 is 17.7 Å². The van der Waals surface area contributed by atoms with E-state index in [1.807, 2.05) is 25.1 Å². The summed E-state index contributed by atoms with van der Waals surface area (Å²) >= 11 is 0. The molecule has 1 amide bonds. The predicted molar refractivity (Wildman–Crippen MR) is 83.0 cm³/mol. The first-order chi connectivity index (χ1) is 10.2. The average Bonchev–Trinajstić information content (AvgIpc) is 2.76. The van der Waals surface area contributed by atoms with Crippen LogP contribution in [0.25, 0.3) is 0 Å². The summed E-state index contributed by atoms with van der Waals surface area (Å²) in [5.74, 6) is 0.848. The van der Waals surface area contributed by atoms with Crippen LogP contribution >= 0.6 is 0 Å². The van der Waals surface area contributed by atoms with Gasteiger partial charge in [0.05, 0.1) is 0 Å². The molecule has 1 heterocycles.